The van der Waals surface area contributed by atoms with Crippen LogP contribution in [0.1, 0.15) is 0 Å². The molecular formula is C11H10N4. The third-order valence-electron chi connectivity index (χ3n) is 2.45. The van der Waals surface area contributed by atoms with E-state index < -0.39 is 0 Å². The fourth-order valence-corrected chi connectivity index (χ4v) is 1.67. The van der Waals surface area contributed by atoms with Crippen molar-refractivity contribution in [1.29, 1.82) is 0 Å². The highest BCUT2D eigenvalue weighted by atomic mass is 15.2. The van der Waals surface area contributed by atoms with Crippen LogP contribution in [-0.4, -0.2) is 20.0 Å². The summed E-state index contributed by atoms with van der Waals surface area (Å²) < 4.78 is 1.80. The maximum absolute atomic E-state index is 4.35. The van der Waals surface area contributed by atoms with Gasteiger partial charge in [0.2, 0.25) is 0 Å². The molecule has 0 spiro atoms. The number of fused-ring (bicyclic) bond motifs is 1. The predicted octanol–water partition coefficient (Wildman–Crippen LogP) is 1.96. The standard InChI is InChI=1S/C11H10N4/c1-15-5-4-10(14-15)8-2-3-9-7-12-13-11(9)6-8/h2-7H,1H3,(H,12,13). The van der Waals surface area contributed by atoms with Gasteiger partial charge in [0.25, 0.3) is 0 Å². The second-order valence-electron chi connectivity index (χ2n) is 3.55. The van der Waals surface area contributed by atoms with E-state index in [1.165, 1.54) is 0 Å². The zero-order chi connectivity index (χ0) is 10.3. The Morgan fingerprint density at radius 2 is 2.20 bits per heavy atom. The van der Waals surface area contributed by atoms with Crippen LogP contribution in [0.5, 0.6) is 0 Å². The van der Waals surface area contributed by atoms with Gasteiger partial charge in [0, 0.05) is 24.2 Å². The number of rotatable bonds is 1. The van der Waals surface area contributed by atoms with Gasteiger partial charge in [-0.15, -0.1) is 0 Å². The molecule has 0 amide bonds. The maximum atomic E-state index is 4.35. The lowest BCUT2D eigenvalue weighted by molar-refractivity contribution is 0.771. The molecule has 0 unspecified atom stereocenters. The summed E-state index contributed by atoms with van der Waals surface area (Å²) in [6.45, 7) is 0. The topological polar surface area (TPSA) is 46.5 Å². The summed E-state index contributed by atoms with van der Waals surface area (Å²) in [6, 6.07) is 8.16. The van der Waals surface area contributed by atoms with E-state index in [9.17, 15) is 0 Å². The van der Waals surface area contributed by atoms with Crippen LogP contribution in [0.2, 0.25) is 0 Å². The molecule has 0 saturated carbocycles. The summed E-state index contributed by atoms with van der Waals surface area (Å²) in [5, 5.41) is 12.4. The monoisotopic (exact) mass is 198 g/mol. The van der Waals surface area contributed by atoms with Crippen molar-refractivity contribution < 1.29 is 0 Å². The van der Waals surface area contributed by atoms with Gasteiger partial charge in [0.05, 0.1) is 17.4 Å². The van der Waals surface area contributed by atoms with Gasteiger partial charge in [-0.2, -0.15) is 10.2 Å². The zero-order valence-electron chi connectivity index (χ0n) is 8.31. The minimum absolute atomic E-state index is 0.981. The van der Waals surface area contributed by atoms with Gasteiger partial charge in [-0.25, -0.2) is 0 Å². The third kappa shape index (κ3) is 1.30. The molecule has 3 aromatic rings. The van der Waals surface area contributed by atoms with Crippen molar-refractivity contribution in [2.75, 3.05) is 0 Å². The van der Waals surface area contributed by atoms with E-state index in [0.29, 0.717) is 0 Å². The molecule has 3 rings (SSSR count). The lowest BCUT2D eigenvalue weighted by Crippen LogP contribution is -1.87. The van der Waals surface area contributed by atoms with Crippen molar-refractivity contribution in [2.45, 2.75) is 0 Å². The Hall–Kier alpha value is -2.10. The summed E-state index contributed by atoms with van der Waals surface area (Å²) in [7, 11) is 1.91. The fraction of sp³-hybridized carbons (Fsp3) is 0.0909. The summed E-state index contributed by atoms with van der Waals surface area (Å²) in [6.07, 6.45) is 3.75. The van der Waals surface area contributed by atoms with E-state index in [-0.39, 0.29) is 0 Å². The number of hydrogen-bond acceptors (Lipinski definition) is 2. The molecule has 0 aliphatic rings. The second kappa shape index (κ2) is 2.95. The fourth-order valence-electron chi connectivity index (χ4n) is 1.67. The van der Waals surface area contributed by atoms with Crippen molar-refractivity contribution in [1.82, 2.24) is 20.0 Å². The Morgan fingerprint density at radius 3 is 3.00 bits per heavy atom. The minimum Gasteiger partial charge on any atom is -0.278 e. The Bertz CT molecular complexity index is 606. The van der Waals surface area contributed by atoms with E-state index in [1.807, 2.05) is 31.6 Å². The van der Waals surface area contributed by atoms with Crippen LogP contribution in [0.4, 0.5) is 0 Å². The molecule has 4 nitrogen and oxygen atoms in total. The molecule has 0 aliphatic carbocycles. The third-order valence-corrected chi connectivity index (χ3v) is 2.45. The summed E-state index contributed by atoms with van der Waals surface area (Å²) in [5.74, 6) is 0. The van der Waals surface area contributed by atoms with Gasteiger partial charge < -0.3 is 0 Å². The first-order chi connectivity index (χ1) is 7.33. The number of aromatic nitrogens is 4. The lowest BCUT2D eigenvalue weighted by atomic mass is 10.1. The molecule has 74 valence electrons. The maximum Gasteiger partial charge on any atom is 0.0923 e. The van der Waals surface area contributed by atoms with Crippen molar-refractivity contribution in [3.8, 4) is 11.3 Å². The second-order valence-corrected chi connectivity index (χ2v) is 3.55. The first-order valence-electron chi connectivity index (χ1n) is 4.76. The molecule has 1 N–H and O–H groups in total. The molecule has 0 saturated heterocycles. The predicted molar refractivity (Wildman–Crippen MR) is 58.3 cm³/mol. The van der Waals surface area contributed by atoms with Crippen molar-refractivity contribution in [3.05, 3.63) is 36.7 Å². The highest BCUT2D eigenvalue weighted by Gasteiger charge is 2.02. The van der Waals surface area contributed by atoms with Crippen molar-refractivity contribution in [2.24, 2.45) is 7.05 Å². The van der Waals surface area contributed by atoms with Gasteiger partial charge >= 0.3 is 0 Å². The van der Waals surface area contributed by atoms with Gasteiger partial charge in [0.15, 0.2) is 0 Å². The van der Waals surface area contributed by atoms with Crippen LogP contribution >= 0.6 is 0 Å². The van der Waals surface area contributed by atoms with E-state index in [2.05, 4.69) is 27.4 Å². The largest absolute Gasteiger partial charge is 0.278 e. The Morgan fingerprint density at radius 1 is 1.27 bits per heavy atom. The average Bonchev–Trinajstić information content (AvgIpc) is 2.84. The molecule has 0 bridgehead atoms. The van der Waals surface area contributed by atoms with Crippen LogP contribution in [0.15, 0.2) is 36.7 Å². The van der Waals surface area contributed by atoms with Crippen LogP contribution in [0.3, 0.4) is 0 Å². The number of nitrogens with one attached hydrogen (secondary N) is 1. The first kappa shape index (κ1) is 8.23. The molecular weight excluding hydrogens is 188 g/mol. The van der Waals surface area contributed by atoms with Crippen molar-refractivity contribution >= 4 is 10.9 Å². The number of nitrogens with zero attached hydrogens (tertiary/aromatic N) is 3. The van der Waals surface area contributed by atoms with Gasteiger partial charge in [-0.3, -0.25) is 9.78 Å². The molecule has 2 heterocycles. The average molecular weight is 198 g/mol. The van der Waals surface area contributed by atoms with E-state index in [0.717, 1.165) is 22.2 Å². The summed E-state index contributed by atoms with van der Waals surface area (Å²) in [5.41, 5.74) is 3.12. The quantitative estimate of drug-likeness (QED) is 0.649. The Balaban J connectivity index is 2.18. The number of benzene rings is 1. The number of aryl methyl sites for hydroxylation is 1. The number of H-pyrrole nitrogens is 1. The van der Waals surface area contributed by atoms with Crippen LogP contribution in [-0.2, 0) is 7.05 Å². The summed E-state index contributed by atoms with van der Waals surface area (Å²) in [4.78, 5) is 0. The smallest absolute Gasteiger partial charge is 0.0923 e. The minimum atomic E-state index is 0.981. The molecule has 0 aliphatic heterocycles. The first-order valence-corrected chi connectivity index (χ1v) is 4.76. The normalized spacial score (nSPS) is 11.0. The highest BCUT2D eigenvalue weighted by Crippen LogP contribution is 2.21. The summed E-state index contributed by atoms with van der Waals surface area (Å²) >= 11 is 0. The van der Waals surface area contributed by atoms with E-state index in [1.54, 1.807) is 4.68 Å². The number of aromatic amines is 1. The molecule has 0 radical (unpaired) electrons. The SMILES string of the molecule is Cn1ccc(-c2ccc3cn[nH]c3c2)n1. The highest BCUT2D eigenvalue weighted by molar-refractivity contribution is 5.82. The van der Waals surface area contributed by atoms with Crippen LogP contribution < -0.4 is 0 Å². The lowest BCUT2D eigenvalue weighted by Gasteiger charge is -1.96. The van der Waals surface area contributed by atoms with E-state index >= 15 is 0 Å². The molecule has 0 fully saturated rings. The van der Waals surface area contributed by atoms with Crippen molar-refractivity contribution in [3.63, 3.8) is 0 Å². The molecule has 4 heteroatoms. The van der Waals surface area contributed by atoms with Gasteiger partial charge in [-0.1, -0.05) is 12.1 Å². The van der Waals surface area contributed by atoms with Crippen LogP contribution in [0.25, 0.3) is 22.2 Å². The molecule has 2 aromatic heterocycles. The van der Waals surface area contributed by atoms with Gasteiger partial charge in [0.1, 0.15) is 0 Å². The van der Waals surface area contributed by atoms with Crippen LogP contribution in [0, 0.1) is 0 Å². The Labute approximate surface area is 86.5 Å². The molecule has 0 atom stereocenters. The molecule has 15 heavy (non-hydrogen) atoms. The van der Waals surface area contributed by atoms with Gasteiger partial charge in [-0.05, 0) is 12.1 Å². The number of hydrogen-bond donors (Lipinski definition) is 1. The molecule has 1 aromatic carbocycles. The zero-order valence-corrected chi connectivity index (χ0v) is 8.31. The Kier molecular flexibility index (Phi) is 1.62. The van der Waals surface area contributed by atoms with E-state index in [4.69, 9.17) is 0 Å².